The Morgan fingerprint density at radius 3 is 2.32 bits per heavy atom. The molecule has 28 heavy (non-hydrogen) atoms. The first-order chi connectivity index (χ1) is 13.6. The van der Waals surface area contributed by atoms with E-state index in [1.807, 2.05) is 54.6 Å². The normalized spacial score (nSPS) is 10.5. The van der Waals surface area contributed by atoms with Crippen molar-refractivity contribution < 1.29 is 14.3 Å². The molecule has 0 fully saturated rings. The van der Waals surface area contributed by atoms with Crippen molar-refractivity contribution in [3.63, 3.8) is 0 Å². The lowest BCUT2D eigenvalue weighted by molar-refractivity contribution is -0.121. The van der Waals surface area contributed by atoms with Crippen LogP contribution in [0.4, 0.5) is 0 Å². The van der Waals surface area contributed by atoms with E-state index in [0.717, 1.165) is 16.9 Å². The number of carbonyl (C=O) groups is 2. The van der Waals surface area contributed by atoms with Crippen LogP contribution in [0, 0.1) is 0 Å². The van der Waals surface area contributed by atoms with Crippen molar-refractivity contribution in [2.24, 2.45) is 0 Å². The molecule has 144 valence electrons. The molecular formula is C22H20ClNO3S. The SMILES string of the molecule is O=C(CCC(=O)c1ccc(Cl)s1)NCc1ccccc1COc1ccccc1. The van der Waals surface area contributed by atoms with Gasteiger partial charge >= 0.3 is 0 Å². The number of ketones is 1. The van der Waals surface area contributed by atoms with Gasteiger partial charge in [-0.3, -0.25) is 9.59 Å². The zero-order valence-electron chi connectivity index (χ0n) is 15.2. The standard InChI is InChI=1S/C22H20ClNO3S/c23-21-12-11-20(28-21)19(25)10-13-22(26)24-14-16-6-4-5-7-17(16)15-27-18-8-2-1-3-9-18/h1-9,11-12H,10,13-15H2,(H,24,26). The molecule has 0 aliphatic heterocycles. The minimum absolute atomic E-state index is 0.0660. The van der Waals surface area contributed by atoms with Crippen LogP contribution >= 0.6 is 22.9 Å². The molecule has 3 aromatic rings. The molecule has 0 bridgehead atoms. The van der Waals surface area contributed by atoms with Crippen LogP contribution in [0.5, 0.6) is 5.75 Å². The van der Waals surface area contributed by atoms with Crippen LogP contribution in [-0.2, 0) is 17.9 Å². The molecule has 2 aromatic carbocycles. The maximum atomic E-state index is 12.1. The van der Waals surface area contributed by atoms with Crippen molar-refractivity contribution in [2.45, 2.75) is 26.0 Å². The number of nitrogens with one attached hydrogen (secondary N) is 1. The molecule has 1 aromatic heterocycles. The number of benzene rings is 2. The van der Waals surface area contributed by atoms with E-state index in [1.54, 1.807) is 12.1 Å². The largest absolute Gasteiger partial charge is 0.489 e. The Balaban J connectivity index is 1.48. The van der Waals surface area contributed by atoms with Gasteiger partial charge in [0.25, 0.3) is 0 Å². The zero-order chi connectivity index (χ0) is 19.8. The van der Waals surface area contributed by atoms with E-state index in [4.69, 9.17) is 16.3 Å². The number of Topliss-reactive ketones (excluding diaryl/α,β-unsaturated/α-hetero) is 1. The van der Waals surface area contributed by atoms with E-state index in [1.165, 1.54) is 11.3 Å². The highest BCUT2D eigenvalue weighted by atomic mass is 35.5. The van der Waals surface area contributed by atoms with Crippen molar-refractivity contribution in [3.05, 3.63) is 87.1 Å². The van der Waals surface area contributed by atoms with Gasteiger partial charge < -0.3 is 10.1 Å². The second-order valence-corrected chi connectivity index (χ2v) is 7.89. The highest BCUT2D eigenvalue weighted by Gasteiger charge is 2.12. The van der Waals surface area contributed by atoms with Crippen LogP contribution in [0.2, 0.25) is 4.34 Å². The molecular weight excluding hydrogens is 394 g/mol. The fraction of sp³-hybridized carbons (Fsp3) is 0.182. The minimum Gasteiger partial charge on any atom is -0.489 e. The predicted molar refractivity (Wildman–Crippen MR) is 112 cm³/mol. The number of rotatable bonds is 9. The van der Waals surface area contributed by atoms with E-state index in [-0.39, 0.29) is 24.5 Å². The van der Waals surface area contributed by atoms with Crippen LogP contribution in [0.1, 0.15) is 33.6 Å². The molecule has 1 N–H and O–H groups in total. The highest BCUT2D eigenvalue weighted by molar-refractivity contribution is 7.18. The summed E-state index contributed by atoms with van der Waals surface area (Å²) in [5, 5.41) is 2.88. The van der Waals surface area contributed by atoms with E-state index in [9.17, 15) is 9.59 Å². The third kappa shape index (κ3) is 5.94. The summed E-state index contributed by atoms with van der Waals surface area (Å²) in [6.07, 6.45) is 0.318. The summed E-state index contributed by atoms with van der Waals surface area (Å²) in [6, 6.07) is 20.8. The van der Waals surface area contributed by atoms with Gasteiger partial charge in [-0.2, -0.15) is 0 Å². The fourth-order valence-corrected chi connectivity index (χ4v) is 3.66. The number of halogens is 1. The Morgan fingerprint density at radius 1 is 0.893 bits per heavy atom. The van der Waals surface area contributed by atoms with Gasteiger partial charge in [-0.15, -0.1) is 11.3 Å². The molecule has 0 saturated heterocycles. The lowest BCUT2D eigenvalue weighted by Crippen LogP contribution is -2.24. The average molecular weight is 414 g/mol. The lowest BCUT2D eigenvalue weighted by atomic mass is 10.1. The number of ether oxygens (including phenoxy) is 1. The summed E-state index contributed by atoms with van der Waals surface area (Å²) in [5.74, 6) is 0.576. The Hall–Kier alpha value is -2.63. The molecule has 0 radical (unpaired) electrons. The van der Waals surface area contributed by atoms with E-state index in [2.05, 4.69) is 5.32 Å². The first kappa shape index (κ1) is 20.1. The summed E-state index contributed by atoms with van der Waals surface area (Å²) in [6.45, 7) is 0.819. The molecule has 4 nitrogen and oxygen atoms in total. The number of amides is 1. The third-order valence-corrected chi connectivity index (χ3v) is 5.43. The van der Waals surface area contributed by atoms with Crippen LogP contribution in [0.25, 0.3) is 0 Å². The zero-order valence-corrected chi connectivity index (χ0v) is 16.8. The topological polar surface area (TPSA) is 55.4 Å². The quantitative estimate of drug-likeness (QED) is 0.487. The second-order valence-electron chi connectivity index (χ2n) is 6.17. The molecule has 0 aliphatic carbocycles. The van der Waals surface area contributed by atoms with Gasteiger partial charge in [0.2, 0.25) is 5.91 Å². The fourth-order valence-electron chi connectivity index (χ4n) is 2.65. The minimum atomic E-state index is -0.158. The van der Waals surface area contributed by atoms with Crippen LogP contribution in [0.3, 0.4) is 0 Å². The van der Waals surface area contributed by atoms with Gasteiger partial charge in [-0.05, 0) is 35.4 Å². The van der Waals surface area contributed by atoms with Crippen molar-refractivity contribution in [1.82, 2.24) is 5.32 Å². The first-order valence-corrected chi connectivity index (χ1v) is 10.1. The van der Waals surface area contributed by atoms with Gasteiger partial charge in [-0.25, -0.2) is 0 Å². The summed E-state index contributed by atoms with van der Waals surface area (Å²) in [5.41, 5.74) is 2.00. The highest BCUT2D eigenvalue weighted by Crippen LogP contribution is 2.23. The number of para-hydroxylation sites is 1. The van der Waals surface area contributed by atoms with Crippen molar-refractivity contribution in [1.29, 1.82) is 0 Å². The third-order valence-electron chi connectivity index (χ3n) is 4.16. The van der Waals surface area contributed by atoms with Gasteiger partial charge in [0.15, 0.2) is 5.78 Å². The smallest absolute Gasteiger partial charge is 0.220 e. The Kier molecular flexibility index (Phi) is 7.23. The summed E-state index contributed by atoms with van der Waals surface area (Å²) in [4.78, 5) is 24.8. The molecule has 6 heteroatoms. The monoisotopic (exact) mass is 413 g/mol. The Morgan fingerprint density at radius 2 is 1.61 bits per heavy atom. The van der Waals surface area contributed by atoms with Crippen LogP contribution < -0.4 is 10.1 Å². The number of hydrogen-bond acceptors (Lipinski definition) is 4. The number of carbonyl (C=O) groups excluding carboxylic acids is 2. The Labute approximate surface area is 173 Å². The molecule has 3 rings (SSSR count). The molecule has 0 unspecified atom stereocenters. The van der Waals surface area contributed by atoms with Gasteiger partial charge in [-0.1, -0.05) is 54.1 Å². The lowest BCUT2D eigenvalue weighted by Gasteiger charge is -2.12. The molecule has 0 aliphatic rings. The molecule has 1 heterocycles. The van der Waals surface area contributed by atoms with Gasteiger partial charge in [0.1, 0.15) is 12.4 Å². The van der Waals surface area contributed by atoms with E-state index in [0.29, 0.717) is 22.4 Å². The number of thiophene rings is 1. The van der Waals surface area contributed by atoms with Crippen LogP contribution in [-0.4, -0.2) is 11.7 Å². The molecule has 0 saturated carbocycles. The second kappa shape index (κ2) is 10.1. The molecule has 0 spiro atoms. The van der Waals surface area contributed by atoms with Gasteiger partial charge in [0, 0.05) is 19.4 Å². The van der Waals surface area contributed by atoms with Crippen molar-refractivity contribution in [2.75, 3.05) is 0 Å². The van der Waals surface area contributed by atoms with Crippen molar-refractivity contribution in [3.8, 4) is 5.75 Å². The van der Waals surface area contributed by atoms with Crippen molar-refractivity contribution >= 4 is 34.6 Å². The summed E-state index contributed by atoms with van der Waals surface area (Å²) >= 11 is 7.07. The van der Waals surface area contributed by atoms with Crippen LogP contribution in [0.15, 0.2) is 66.7 Å². The summed E-state index contributed by atoms with van der Waals surface area (Å²) < 4.78 is 6.37. The maximum absolute atomic E-state index is 12.1. The molecule has 1 amide bonds. The first-order valence-electron chi connectivity index (χ1n) is 8.91. The van der Waals surface area contributed by atoms with Gasteiger partial charge in [0.05, 0.1) is 9.21 Å². The van der Waals surface area contributed by atoms with E-state index < -0.39 is 0 Å². The molecule has 0 atom stereocenters. The Bertz CT molecular complexity index is 940. The average Bonchev–Trinajstić information content (AvgIpc) is 3.16. The maximum Gasteiger partial charge on any atom is 0.220 e. The number of hydrogen-bond donors (Lipinski definition) is 1. The predicted octanol–water partition coefficient (Wildman–Crippen LogP) is 5.26. The summed E-state index contributed by atoms with van der Waals surface area (Å²) in [7, 11) is 0. The van der Waals surface area contributed by atoms with E-state index >= 15 is 0 Å².